The maximum atomic E-state index is 14.1. The Morgan fingerprint density at radius 2 is 2.10 bits per heavy atom. The first-order valence-electron chi connectivity index (χ1n) is 7.94. The van der Waals surface area contributed by atoms with Crippen LogP contribution < -0.4 is 5.32 Å². The van der Waals surface area contributed by atoms with Crippen molar-refractivity contribution in [1.82, 2.24) is 10.2 Å². The minimum Gasteiger partial charge on any atom is -0.309 e. The highest BCUT2D eigenvalue weighted by atomic mass is 19.2. The maximum Gasteiger partial charge on any atom is 0.163 e. The van der Waals surface area contributed by atoms with Gasteiger partial charge in [0, 0.05) is 30.7 Å². The number of hydrogen-bond acceptors (Lipinski definition) is 2. The van der Waals surface area contributed by atoms with Gasteiger partial charge in [-0.15, -0.1) is 0 Å². The van der Waals surface area contributed by atoms with Crippen molar-refractivity contribution >= 4 is 0 Å². The molecule has 1 N–H and O–H groups in total. The fourth-order valence-electron chi connectivity index (χ4n) is 3.26. The Balaban J connectivity index is 2.16. The van der Waals surface area contributed by atoms with Gasteiger partial charge in [-0.05, 0) is 38.3 Å². The number of nitrogens with zero attached hydrogens (tertiary/aromatic N) is 1. The summed E-state index contributed by atoms with van der Waals surface area (Å²) >= 11 is 0. The highest BCUT2D eigenvalue weighted by molar-refractivity contribution is 5.23. The van der Waals surface area contributed by atoms with Gasteiger partial charge in [0.1, 0.15) is 0 Å². The summed E-state index contributed by atoms with van der Waals surface area (Å²) < 4.78 is 27.6. The van der Waals surface area contributed by atoms with Crippen LogP contribution >= 0.6 is 0 Å². The van der Waals surface area contributed by atoms with Gasteiger partial charge in [-0.2, -0.15) is 0 Å². The summed E-state index contributed by atoms with van der Waals surface area (Å²) in [4.78, 5) is 2.38. The van der Waals surface area contributed by atoms with Gasteiger partial charge in [0.15, 0.2) is 11.6 Å². The van der Waals surface area contributed by atoms with Gasteiger partial charge in [0.05, 0.1) is 0 Å². The molecule has 3 unspecified atom stereocenters. The smallest absolute Gasteiger partial charge is 0.163 e. The Bertz CT molecular complexity index is 464. The average molecular weight is 296 g/mol. The van der Waals surface area contributed by atoms with E-state index in [2.05, 4.69) is 31.0 Å². The Labute approximate surface area is 126 Å². The molecule has 1 aromatic rings. The van der Waals surface area contributed by atoms with Crippen molar-refractivity contribution in [3.63, 3.8) is 0 Å². The first kappa shape index (κ1) is 16.4. The van der Waals surface area contributed by atoms with E-state index in [1.54, 1.807) is 12.1 Å². The van der Waals surface area contributed by atoms with Crippen LogP contribution in [0.3, 0.4) is 0 Å². The minimum absolute atomic E-state index is 0.159. The Morgan fingerprint density at radius 3 is 2.71 bits per heavy atom. The average Bonchev–Trinajstić information content (AvgIpc) is 2.76. The summed E-state index contributed by atoms with van der Waals surface area (Å²) in [5.74, 6) is -0.811. The molecular weight excluding hydrogens is 270 g/mol. The number of hydrogen-bond donors (Lipinski definition) is 1. The minimum atomic E-state index is -0.765. The monoisotopic (exact) mass is 296 g/mol. The van der Waals surface area contributed by atoms with E-state index in [0.29, 0.717) is 17.5 Å². The lowest BCUT2D eigenvalue weighted by Crippen LogP contribution is -2.38. The van der Waals surface area contributed by atoms with Crippen LogP contribution in [0.1, 0.15) is 45.2 Å². The molecule has 0 spiro atoms. The van der Waals surface area contributed by atoms with E-state index < -0.39 is 11.6 Å². The topological polar surface area (TPSA) is 15.3 Å². The van der Waals surface area contributed by atoms with Crippen molar-refractivity contribution in [2.75, 3.05) is 19.6 Å². The van der Waals surface area contributed by atoms with E-state index in [1.807, 2.05) is 0 Å². The molecule has 21 heavy (non-hydrogen) atoms. The zero-order valence-electron chi connectivity index (χ0n) is 13.2. The molecule has 4 heteroatoms. The molecular formula is C17H26F2N2. The van der Waals surface area contributed by atoms with Crippen LogP contribution in [-0.4, -0.2) is 30.6 Å². The highest BCUT2D eigenvalue weighted by Gasteiger charge is 2.29. The molecule has 1 aromatic carbocycles. The molecule has 0 saturated carbocycles. The predicted molar refractivity (Wildman–Crippen MR) is 82.2 cm³/mol. The fraction of sp³-hybridized carbons (Fsp3) is 0.647. The predicted octanol–water partition coefficient (Wildman–Crippen LogP) is 3.74. The maximum absolute atomic E-state index is 14.1. The molecule has 118 valence electrons. The standard InChI is InChI=1S/C17H26F2N2/c1-4-8-20-16(11-21-10-12(2)9-13(21)3)14-6-5-7-15(18)17(14)19/h5-7,12-13,16,20H,4,8-11H2,1-3H3. The molecule has 2 rings (SSSR count). The molecule has 1 heterocycles. The quantitative estimate of drug-likeness (QED) is 0.860. The van der Waals surface area contributed by atoms with Crippen LogP contribution in [0.2, 0.25) is 0 Å². The second-order valence-corrected chi connectivity index (χ2v) is 6.29. The number of halogens is 2. The van der Waals surface area contributed by atoms with Crippen molar-refractivity contribution < 1.29 is 8.78 Å². The Morgan fingerprint density at radius 1 is 1.33 bits per heavy atom. The SMILES string of the molecule is CCCNC(CN1CC(C)CC1C)c1cccc(F)c1F. The van der Waals surface area contributed by atoms with Crippen molar-refractivity contribution in [1.29, 1.82) is 0 Å². The van der Waals surface area contributed by atoms with Gasteiger partial charge >= 0.3 is 0 Å². The van der Waals surface area contributed by atoms with Crippen LogP contribution in [0.15, 0.2) is 18.2 Å². The van der Waals surface area contributed by atoms with Crippen LogP contribution in [0, 0.1) is 17.6 Å². The van der Waals surface area contributed by atoms with Crippen LogP contribution in [0.4, 0.5) is 8.78 Å². The van der Waals surface area contributed by atoms with Gasteiger partial charge in [0.25, 0.3) is 0 Å². The molecule has 0 radical (unpaired) electrons. The van der Waals surface area contributed by atoms with Crippen molar-refractivity contribution in [2.45, 2.75) is 45.7 Å². The molecule has 1 aliphatic heterocycles. The van der Waals surface area contributed by atoms with E-state index in [-0.39, 0.29) is 6.04 Å². The third-order valence-corrected chi connectivity index (χ3v) is 4.33. The normalized spacial score (nSPS) is 24.4. The van der Waals surface area contributed by atoms with Gasteiger partial charge < -0.3 is 5.32 Å². The van der Waals surface area contributed by atoms with E-state index in [1.165, 1.54) is 12.5 Å². The molecule has 0 aliphatic carbocycles. The summed E-state index contributed by atoms with van der Waals surface area (Å²) in [6.45, 7) is 9.09. The number of rotatable bonds is 6. The molecule has 2 nitrogen and oxygen atoms in total. The first-order chi connectivity index (χ1) is 10.0. The zero-order valence-corrected chi connectivity index (χ0v) is 13.2. The number of nitrogens with one attached hydrogen (secondary N) is 1. The molecule has 0 bridgehead atoms. The molecule has 1 aliphatic rings. The molecule has 1 saturated heterocycles. The van der Waals surface area contributed by atoms with Gasteiger partial charge in [0.2, 0.25) is 0 Å². The molecule has 1 fully saturated rings. The van der Waals surface area contributed by atoms with Crippen molar-refractivity contribution in [2.24, 2.45) is 5.92 Å². The number of likely N-dealkylation sites (tertiary alicyclic amines) is 1. The fourth-order valence-corrected chi connectivity index (χ4v) is 3.26. The van der Waals surface area contributed by atoms with E-state index in [4.69, 9.17) is 0 Å². The van der Waals surface area contributed by atoms with Crippen LogP contribution in [0.5, 0.6) is 0 Å². The van der Waals surface area contributed by atoms with Gasteiger partial charge in [-0.25, -0.2) is 8.78 Å². The first-order valence-corrected chi connectivity index (χ1v) is 7.94. The van der Waals surface area contributed by atoms with Gasteiger partial charge in [-0.3, -0.25) is 4.90 Å². The second kappa shape index (κ2) is 7.32. The summed E-state index contributed by atoms with van der Waals surface area (Å²) in [6.07, 6.45) is 2.14. The highest BCUT2D eigenvalue weighted by Crippen LogP contribution is 2.27. The Hall–Kier alpha value is -1.00. The lowest BCUT2D eigenvalue weighted by molar-refractivity contribution is 0.231. The van der Waals surface area contributed by atoms with Crippen LogP contribution in [-0.2, 0) is 0 Å². The van der Waals surface area contributed by atoms with Crippen LogP contribution in [0.25, 0.3) is 0 Å². The molecule has 0 aromatic heterocycles. The third kappa shape index (κ3) is 4.01. The molecule has 3 atom stereocenters. The summed E-state index contributed by atoms with van der Waals surface area (Å²) in [7, 11) is 0. The number of benzene rings is 1. The second-order valence-electron chi connectivity index (χ2n) is 6.29. The largest absolute Gasteiger partial charge is 0.309 e. The zero-order chi connectivity index (χ0) is 15.4. The van der Waals surface area contributed by atoms with E-state index in [0.717, 1.165) is 26.1 Å². The summed E-state index contributed by atoms with van der Waals surface area (Å²) in [5, 5.41) is 3.37. The third-order valence-electron chi connectivity index (χ3n) is 4.33. The summed E-state index contributed by atoms with van der Waals surface area (Å²) in [5.41, 5.74) is 0.440. The summed E-state index contributed by atoms with van der Waals surface area (Å²) in [6, 6.07) is 4.80. The lowest BCUT2D eigenvalue weighted by atomic mass is 10.0. The lowest BCUT2D eigenvalue weighted by Gasteiger charge is -2.28. The van der Waals surface area contributed by atoms with Gasteiger partial charge in [-0.1, -0.05) is 26.0 Å². The van der Waals surface area contributed by atoms with Crippen molar-refractivity contribution in [3.8, 4) is 0 Å². The Kier molecular flexibility index (Phi) is 5.71. The molecule has 0 amide bonds. The van der Waals surface area contributed by atoms with Crippen molar-refractivity contribution in [3.05, 3.63) is 35.4 Å². The van der Waals surface area contributed by atoms with E-state index in [9.17, 15) is 8.78 Å². The van der Waals surface area contributed by atoms with E-state index >= 15 is 0 Å².